The van der Waals surface area contributed by atoms with Crippen LogP contribution in [0.25, 0.3) is 0 Å². The van der Waals surface area contributed by atoms with Gasteiger partial charge in [-0.3, -0.25) is 0 Å². The third-order valence-electron chi connectivity index (χ3n) is 0.226. The van der Waals surface area contributed by atoms with Gasteiger partial charge < -0.3 is 26.2 Å². The van der Waals surface area contributed by atoms with Crippen molar-refractivity contribution in [3.63, 3.8) is 0 Å². The minimum absolute atomic E-state index is 0. The van der Waals surface area contributed by atoms with Gasteiger partial charge in [-0.25, -0.2) is 0 Å². The van der Waals surface area contributed by atoms with Gasteiger partial charge in [0.1, 0.15) is 0 Å². The summed E-state index contributed by atoms with van der Waals surface area (Å²) in [5, 5.41) is 12.0. The van der Waals surface area contributed by atoms with Crippen molar-refractivity contribution in [1.29, 1.82) is 0 Å². The monoisotopic (exact) mass is 141 g/mol. The minimum atomic E-state index is -1.79. The first-order chi connectivity index (χ1) is 3.63. The second-order valence-corrected chi connectivity index (χ2v) is 0.857. The number of rotatable bonds is 1. The molecule has 0 bridgehead atoms. The van der Waals surface area contributed by atoms with E-state index in [1.54, 1.807) is 0 Å². The van der Waals surface area contributed by atoms with E-state index < -0.39 is 12.1 Å². The van der Waals surface area contributed by atoms with E-state index >= 15 is 0 Å². The maximum Gasteiger partial charge on any atom is 1.00 e. The summed E-state index contributed by atoms with van der Waals surface area (Å²) in [7, 11) is 0. The largest absolute Gasteiger partial charge is 1.00 e. The molecule has 0 amide bonds. The molecule has 0 aliphatic rings. The van der Waals surface area contributed by atoms with Gasteiger partial charge in [-0.1, -0.05) is 0 Å². The number of hydrogen-bond donors (Lipinski definition) is 2. The average molecular weight is 141 g/mol. The predicted molar refractivity (Wildman–Crippen MR) is 22.3 cm³/mol. The molecule has 0 fully saturated rings. The minimum Gasteiger partial charge on any atom is -0.424 e. The molecule has 0 atom stereocenters. The summed E-state index contributed by atoms with van der Waals surface area (Å²) in [6.07, 6.45) is -1.79. The van der Waals surface area contributed by atoms with E-state index in [2.05, 4.69) is 21.5 Å². The average Bonchev–Trinajstić information content (AvgIpc) is 1.61. The normalized spacial score (nSPS) is 6.67. The van der Waals surface area contributed by atoms with E-state index in [-0.39, 0.29) is 29.6 Å². The molecule has 0 aromatic heterocycles. The van der Waals surface area contributed by atoms with Crippen molar-refractivity contribution in [3.05, 3.63) is 0 Å². The molecule has 7 heteroatoms. The van der Waals surface area contributed by atoms with E-state index in [1.165, 1.54) is 0 Å². The number of hydrogen-bond acceptors (Lipinski definition) is 4. The second-order valence-electron chi connectivity index (χ2n) is 0.857. The predicted octanol–water partition coefficient (Wildman–Crippen LogP) is -5.46. The molecule has 4 N–H and O–H groups in total. The Kier molecular flexibility index (Phi) is 7.15. The summed E-state index contributed by atoms with van der Waals surface area (Å²) >= 11 is 0. The van der Waals surface area contributed by atoms with Crippen LogP contribution in [0, 0.1) is 0 Å². The first kappa shape index (κ1) is 11.4. The zero-order chi connectivity index (χ0) is 6.57. The summed E-state index contributed by atoms with van der Waals surface area (Å²) in [6, 6.07) is 0. The SMILES string of the molecule is NC(N)=NOC(=O)[O-].[Na+]. The second kappa shape index (κ2) is 5.67. The van der Waals surface area contributed by atoms with Gasteiger partial charge in [-0.2, -0.15) is 0 Å². The van der Waals surface area contributed by atoms with Crippen LogP contribution in [0.1, 0.15) is 0 Å². The van der Waals surface area contributed by atoms with Crippen molar-refractivity contribution in [2.45, 2.75) is 0 Å². The third kappa shape index (κ3) is 11.2. The van der Waals surface area contributed by atoms with Crippen LogP contribution in [0.2, 0.25) is 0 Å². The van der Waals surface area contributed by atoms with Crippen LogP contribution in [0.4, 0.5) is 4.79 Å². The number of nitrogens with two attached hydrogens (primary N) is 2. The molecule has 0 radical (unpaired) electrons. The van der Waals surface area contributed by atoms with Crippen LogP contribution >= 0.6 is 0 Å². The summed E-state index contributed by atoms with van der Waals surface area (Å²) in [5.41, 5.74) is 9.30. The Bertz CT molecular complexity index is 120. The zero-order valence-electron chi connectivity index (χ0n) is 4.83. The molecule has 0 saturated heterocycles. The first-order valence-electron chi connectivity index (χ1n) is 1.60. The summed E-state index contributed by atoms with van der Waals surface area (Å²) in [6.45, 7) is 0. The number of nitrogens with zero attached hydrogens (tertiary/aromatic N) is 1. The summed E-state index contributed by atoms with van der Waals surface area (Å²) in [4.78, 5) is 12.8. The standard InChI is InChI=1S/C2H5N3O3.Na/c3-1(4)5-8-2(6)7;/h(H,6,7)(H4,3,4,5);/q;+1/p-1. The van der Waals surface area contributed by atoms with Gasteiger partial charge in [0.15, 0.2) is 0 Å². The van der Waals surface area contributed by atoms with Crippen molar-refractivity contribution < 1.29 is 44.3 Å². The van der Waals surface area contributed by atoms with Crippen LogP contribution in [-0.4, -0.2) is 12.1 Å². The van der Waals surface area contributed by atoms with Gasteiger partial charge >= 0.3 is 29.6 Å². The fraction of sp³-hybridized carbons (Fsp3) is 0. The molecule has 0 heterocycles. The Morgan fingerprint density at radius 1 is 1.56 bits per heavy atom. The van der Waals surface area contributed by atoms with Crippen molar-refractivity contribution in [2.24, 2.45) is 16.6 Å². The molecule has 46 valence electrons. The third-order valence-corrected chi connectivity index (χ3v) is 0.226. The number of carbonyl (C=O) groups excluding carboxylic acids is 1. The quantitative estimate of drug-likeness (QED) is 0.124. The molecule has 0 aliphatic heterocycles. The molecular formula is C2H4N3NaO3. The van der Waals surface area contributed by atoms with E-state index in [4.69, 9.17) is 0 Å². The molecular weight excluding hydrogens is 137 g/mol. The molecule has 0 saturated carbocycles. The van der Waals surface area contributed by atoms with Gasteiger partial charge in [0, 0.05) is 0 Å². The van der Waals surface area contributed by atoms with Crippen molar-refractivity contribution >= 4 is 12.1 Å². The summed E-state index contributed by atoms with van der Waals surface area (Å²) < 4.78 is 0. The van der Waals surface area contributed by atoms with E-state index in [0.29, 0.717) is 0 Å². The van der Waals surface area contributed by atoms with Crippen LogP contribution in [0.3, 0.4) is 0 Å². The molecule has 6 nitrogen and oxygen atoms in total. The molecule has 0 spiro atoms. The molecule has 0 aromatic carbocycles. The van der Waals surface area contributed by atoms with Gasteiger partial charge in [0.25, 0.3) is 6.16 Å². The van der Waals surface area contributed by atoms with Crippen LogP contribution in [-0.2, 0) is 4.84 Å². The van der Waals surface area contributed by atoms with E-state index in [0.717, 1.165) is 0 Å². The van der Waals surface area contributed by atoms with Gasteiger partial charge in [-0.05, 0) is 0 Å². The molecule has 0 aliphatic carbocycles. The smallest absolute Gasteiger partial charge is 0.424 e. The van der Waals surface area contributed by atoms with Gasteiger partial charge in [0.05, 0.1) is 0 Å². The summed E-state index contributed by atoms with van der Waals surface area (Å²) in [5.74, 6) is -0.464. The molecule has 0 aromatic rings. The Morgan fingerprint density at radius 2 is 2.00 bits per heavy atom. The molecule has 0 unspecified atom stereocenters. The van der Waals surface area contributed by atoms with Crippen LogP contribution in [0.5, 0.6) is 0 Å². The van der Waals surface area contributed by atoms with Crippen LogP contribution < -0.4 is 46.1 Å². The van der Waals surface area contributed by atoms with Crippen LogP contribution in [0.15, 0.2) is 5.16 Å². The first-order valence-corrected chi connectivity index (χ1v) is 1.60. The fourth-order valence-corrected chi connectivity index (χ4v) is 0.0900. The number of carboxylic acid groups (broad SMARTS) is 1. The topological polar surface area (TPSA) is 114 Å². The number of guanidine groups is 1. The Labute approximate surface area is 73.1 Å². The maximum atomic E-state index is 9.35. The Balaban J connectivity index is 0. The Hall–Kier alpha value is -0.460. The molecule has 9 heavy (non-hydrogen) atoms. The zero-order valence-corrected chi connectivity index (χ0v) is 6.83. The van der Waals surface area contributed by atoms with Crippen molar-refractivity contribution in [3.8, 4) is 0 Å². The van der Waals surface area contributed by atoms with Crippen molar-refractivity contribution in [2.75, 3.05) is 0 Å². The Morgan fingerprint density at radius 3 is 2.11 bits per heavy atom. The number of oxime groups is 1. The van der Waals surface area contributed by atoms with Gasteiger partial charge in [0.2, 0.25) is 5.96 Å². The molecule has 0 rings (SSSR count). The van der Waals surface area contributed by atoms with Crippen molar-refractivity contribution in [1.82, 2.24) is 0 Å². The van der Waals surface area contributed by atoms with E-state index in [9.17, 15) is 9.90 Å². The number of carbonyl (C=O) groups is 1. The van der Waals surface area contributed by atoms with Gasteiger partial charge in [-0.15, -0.1) is 5.16 Å². The maximum absolute atomic E-state index is 9.35. The fourth-order valence-electron chi connectivity index (χ4n) is 0.0900. The van der Waals surface area contributed by atoms with E-state index in [1.807, 2.05) is 0 Å².